The maximum Gasteiger partial charge on any atom is 0.264 e. The summed E-state index contributed by atoms with van der Waals surface area (Å²) in [6.07, 6.45) is 0.250. The Kier molecular flexibility index (Phi) is 11.4. The number of hydrogen-bond acceptors (Lipinski definition) is 4. The maximum absolute atomic E-state index is 14.5. The number of halogens is 1. The Balaban J connectivity index is 1.80. The van der Waals surface area contributed by atoms with E-state index in [9.17, 15) is 18.0 Å². The summed E-state index contributed by atoms with van der Waals surface area (Å²) in [5, 5.41) is 3.42. The number of anilines is 1. The van der Waals surface area contributed by atoms with E-state index in [1.165, 1.54) is 4.90 Å². The van der Waals surface area contributed by atoms with Gasteiger partial charge in [-0.1, -0.05) is 97.7 Å². The van der Waals surface area contributed by atoms with Crippen LogP contribution in [0.1, 0.15) is 48.9 Å². The normalized spacial score (nSPS) is 12.0. The summed E-state index contributed by atoms with van der Waals surface area (Å²) >= 11 is 6.14. The van der Waals surface area contributed by atoms with Crippen LogP contribution in [0.15, 0.2) is 108 Å². The molecule has 7 nitrogen and oxygen atoms in total. The third-order valence-corrected chi connectivity index (χ3v) is 9.66. The number of nitrogens with zero attached hydrogens (tertiary/aromatic N) is 2. The number of hydrogen-bond donors (Lipinski definition) is 1. The van der Waals surface area contributed by atoms with Gasteiger partial charge in [0.1, 0.15) is 12.6 Å². The molecule has 0 aromatic heterocycles. The van der Waals surface area contributed by atoms with Crippen LogP contribution in [-0.4, -0.2) is 44.3 Å². The highest BCUT2D eigenvalue weighted by molar-refractivity contribution is 7.92. The van der Waals surface area contributed by atoms with Crippen LogP contribution >= 0.6 is 11.6 Å². The number of rotatable bonds is 13. The van der Waals surface area contributed by atoms with E-state index in [1.807, 2.05) is 56.3 Å². The summed E-state index contributed by atoms with van der Waals surface area (Å²) < 4.78 is 29.5. The number of sulfonamides is 1. The van der Waals surface area contributed by atoms with Crippen molar-refractivity contribution in [1.29, 1.82) is 0 Å². The van der Waals surface area contributed by atoms with Gasteiger partial charge < -0.3 is 10.2 Å². The number of likely N-dealkylation sites (N-methyl/N-ethyl adjacent to an activating group) is 1. The smallest absolute Gasteiger partial charge is 0.264 e. The monoisotopic (exact) mass is 645 g/mol. The van der Waals surface area contributed by atoms with Gasteiger partial charge in [-0.2, -0.15) is 0 Å². The lowest BCUT2D eigenvalue weighted by Crippen LogP contribution is -2.53. The van der Waals surface area contributed by atoms with Crippen LogP contribution in [0.3, 0.4) is 0 Å². The number of nitrogens with one attached hydrogen (secondary N) is 1. The van der Waals surface area contributed by atoms with Crippen LogP contribution in [0.25, 0.3) is 0 Å². The average molecular weight is 646 g/mol. The molecule has 4 aromatic rings. The lowest BCUT2D eigenvalue weighted by atomic mass is 10.0. The molecule has 236 valence electrons. The predicted molar refractivity (Wildman–Crippen MR) is 181 cm³/mol. The first-order valence-corrected chi connectivity index (χ1v) is 16.9. The van der Waals surface area contributed by atoms with E-state index in [0.29, 0.717) is 17.3 Å². The third kappa shape index (κ3) is 8.74. The van der Waals surface area contributed by atoms with Crippen molar-refractivity contribution >= 4 is 39.1 Å². The maximum atomic E-state index is 14.5. The molecule has 9 heteroatoms. The first-order valence-electron chi connectivity index (χ1n) is 15.0. The van der Waals surface area contributed by atoms with E-state index >= 15 is 0 Å². The van der Waals surface area contributed by atoms with Gasteiger partial charge in [0.15, 0.2) is 0 Å². The Labute approximate surface area is 271 Å². The molecule has 0 heterocycles. The van der Waals surface area contributed by atoms with E-state index in [2.05, 4.69) is 19.2 Å². The summed E-state index contributed by atoms with van der Waals surface area (Å²) in [6, 6.07) is 29.4. The van der Waals surface area contributed by atoms with Crippen LogP contribution in [0.2, 0.25) is 5.02 Å². The number of benzene rings is 4. The molecular formula is C36H40ClN3O4S. The summed E-state index contributed by atoms with van der Waals surface area (Å²) in [7, 11) is -4.16. The molecule has 0 saturated heterocycles. The first-order chi connectivity index (χ1) is 21.5. The average Bonchev–Trinajstić information content (AvgIpc) is 3.03. The number of carbonyl (C=O) groups is 2. The van der Waals surface area contributed by atoms with Gasteiger partial charge in [0.2, 0.25) is 11.8 Å². The number of aryl methyl sites for hydroxylation is 1. The van der Waals surface area contributed by atoms with Gasteiger partial charge in [0, 0.05) is 24.5 Å². The van der Waals surface area contributed by atoms with Crippen molar-refractivity contribution in [3.63, 3.8) is 0 Å². The van der Waals surface area contributed by atoms with Crippen molar-refractivity contribution in [3.8, 4) is 0 Å². The highest BCUT2D eigenvalue weighted by atomic mass is 35.5. The van der Waals surface area contributed by atoms with Crippen molar-refractivity contribution < 1.29 is 18.0 Å². The van der Waals surface area contributed by atoms with Crippen LogP contribution in [0, 0.1) is 6.92 Å². The second kappa shape index (κ2) is 15.2. The highest BCUT2D eigenvalue weighted by Gasteiger charge is 2.34. The van der Waals surface area contributed by atoms with Crippen molar-refractivity contribution in [2.24, 2.45) is 0 Å². The Morgan fingerprint density at radius 1 is 0.822 bits per heavy atom. The van der Waals surface area contributed by atoms with Gasteiger partial charge in [-0.3, -0.25) is 13.9 Å². The van der Waals surface area contributed by atoms with Gasteiger partial charge in [0.05, 0.1) is 10.6 Å². The van der Waals surface area contributed by atoms with E-state index in [1.54, 1.807) is 60.7 Å². The van der Waals surface area contributed by atoms with E-state index in [4.69, 9.17) is 11.6 Å². The van der Waals surface area contributed by atoms with E-state index in [0.717, 1.165) is 26.6 Å². The van der Waals surface area contributed by atoms with Crippen LogP contribution in [0.5, 0.6) is 0 Å². The minimum absolute atomic E-state index is 0.0719. The minimum Gasteiger partial charge on any atom is -0.355 e. The standard InChI is InChI=1S/C36H40ClN3O4S/c1-5-38-36(42)34(23-28-9-7-6-8-10-28)39(24-29-13-17-31(37)18-14-29)35(41)25-40(32-19-15-30(16-20-32)26(2)3)45(43,44)33-21-11-27(4)12-22-33/h6-22,26,34H,5,23-25H2,1-4H3,(H,38,42)/t34-/m1/s1. The molecule has 0 aliphatic heterocycles. The fourth-order valence-corrected chi connectivity index (χ4v) is 6.56. The van der Waals surface area contributed by atoms with Crippen LogP contribution in [0.4, 0.5) is 5.69 Å². The Morgan fingerprint density at radius 3 is 2.02 bits per heavy atom. The largest absolute Gasteiger partial charge is 0.355 e. The summed E-state index contributed by atoms with van der Waals surface area (Å²) in [6.45, 7) is 7.77. The molecule has 4 rings (SSSR count). The van der Waals surface area contributed by atoms with Gasteiger partial charge in [-0.05, 0) is 72.9 Å². The van der Waals surface area contributed by atoms with Gasteiger partial charge in [-0.15, -0.1) is 0 Å². The zero-order valence-corrected chi connectivity index (χ0v) is 27.7. The lowest BCUT2D eigenvalue weighted by molar-refractivity contribution is -0.140. The SMILES string of the molecule is CCNC(=O)[C@@H](Cc1ccccc1)N(Cc1ccc(Cl)cc1)C(=O)CN(c1ccc(C(C)C)cc1)S(=O)(=O)c1ccc(C)cc1. The van der Waals surface area contributed by atoms with Crippen LogP contribution in [-0.2, 0) is 32.6 Å². The molecule has 0 radical (unpaired) electrons. The molecule has 4 aromatic carbocycles. The molecule has 0 aliphatic carbocycles. The zero-order valence-electron chi connectivity index (χ0n) is 26.1. The van der Waals surface area contributed by atoms with E-state index < -0.39 is 28.5 Å². The fourth-order valence-electron chi connectivity index (χ4n) is 5.02. The quantitative estimate of drug-likeness (QED) is 0.174. The first kappa shape index (κ1) is 33.7. The van der Waals surface area contributed by atoms with Crippen molar-refractivity contribution in [1.82, 2.24) is 10.2 Å². The molecule has 1 N–H and O–H groups in total. The van der Waals surface area contributed by atoms with Crippen molar-refractivity contribution in [3.05, 3.63) is 130 Å². The molecule has 0 saturated carbocycles. The zero-order chi connectivity index (χ0) is 32.6. The fraction of sp³-hybridized carbons (Fsp3) is 0.278. The molecule has 0 fully saturated rings. The topological polar surface area (TPSA) is 86.8 Å². The Bertz CT molecular complexity index is 1680. The Morgan fingerprint density at radius 2 is 1.44 bits per heavy atom. The van der Waals surface area contributed by atoms with Gasteiger partial charge in [0.25, 0.3) is 10.0 Å². The minimum atomic E-state index is -4.16. The summed E-state index contributed by atoms with van der Waals surface area (Å²) in [5.74, 6) is -0.591. The molecule has 45 heavy (non-hydrogen) atoms. The molecule has 0 bridgehead atoms. The van der Waals surface area contributed by atoms with E-state index in [-0.39, 0.29) is 29.7 Å². The molecule has 0 unspecified atom stereocenters. The van der Waals surface area contributed by atoms with Gasteiger partial charge >= 0.3 is 0 Å². The molecule has 1 atom stereocenters. The summed E-state index contributed by atoms with van der Waals surface area (Å²) in [5.41, 5.74) is 3.94. The highest BCUT2D eigenvalue weighted by Crippen LogP contribution is 2.27. The molecular weight excluding hydrogens is 606 g/mol. The molecule has 2 amide bonds. The summed E-state index contributed by atoms with van der Waals surface area (Å²) in [4.78, 5) is 29.6. The Hall–Kier alpha value is -4.14. The van der Waals surface area contributed by atoms with Gasteiger partial charge in [-0.25, -0.2) is 8.42 Å². The van der Waals surface area contributed by atoms with Crippen molar-refractivity contribution in [2.75, 3.05) is 17.4 Å². The number of carbonyl (C=O) groups excluding carboxylic acids is 2. The van der Waals surface area contributed by atoms with Crippen molar-refractivity contribution in [2.45, 2.75) is 57.5 Å². The number of amides is 2. The molecule has 0 spiro atoms. The second-order valence-corrected chi connectivity index (χ2v) is 13.6. The second-order valence-electron chi connectivity index (χ2n) is 11.3. The predicted octanol–water partition coefficient (Wildman–Crippen LogP) is 6.74. The third-order valence-electron chi connectivity index (χ3n) is 7.62. The van der Waals surface area contributed by atoms with Crippen LogP contribution < -0.4 is 9.62 Å². The molecule has 0 aliphatic rings. The lowest BCUT2D eigenvalue weighted by Gasteiger charge is -2.34.